The quantitative estimate of drug-likeness (QED) is 0.786. The van der Waals surface area contributed by atoms with Gasteiger partial charge < -0.3 is 5.32 Å². The van der Waals surface area contributed by atoms with E-state index in [4.69, 9.17) is 34.8 Å². The topological polar surface area (TPSA) is 12.0 Å². The lowest BCUT2D eigenvalue weighted by Gasteiger charge is -2.20. The zero-order valence-corrected chi connectivity index (χ0v) is 13.7. The molecule has 2 aromatic carbocycles. The Balaban J connectivity index is 2.28. The van der Waals surface area contributed by atoms with Crippen LogP contribution in [0.5, 0.6) is 0 Å². The molecule has 0 heterocycles. The van der Waals surface area contributed by atoms with E-state index >= 15 is 0 Å². The fourth-order valence-corrected chi connectivity index (χ4v) is 2.77. The van der Waals surface area contributed by atoms with Crippen LogP contribution in [0.4, 0.5) is 0 Å². The minimum atomic E-state index is 0.186. The van der Waals surface area contributed by atoms with Crippen molar-refractivity contribution in [3.8, 4) is 0 Å². The normalized spacial score (nSPS) is 12.4. The van der Waals surface area contributed by atoms with Crippen molar-refractivity contribution in [3.05, 3.63) is 68.2 Å². The molecule has 2 rings (SSSR count). The zero-order valence-electron chi connectivity index (χ0n) is 11.4. The Labute approximate surface area is 134 Å². The summed E-state index contributed by atoms with van der Waals surface area (Å²) in [5.74, 6) is 0. The van der Waals surface area contributed by atoms with Crippen molar-refractivity contribution >= 4 is 34.8 Å². The highest BCUT2D eigenvalue weighted by molar-refractivity contribution is 6.42. The summed E-state index contributed by atoms with van der Waals surface area (Å²) in [6.45, 7) is 2.04. The van der Waals surface area contributed by atoms with Gasteiger partial charge in [0.2, 0.25) is 0 Å². The summed E-state index contributed by atoms with van der Waals surface area (Å²) in [7, 11) is 1.95. The van der Waals surface area contributed by atoms with E-state index in [0.29, 0.717) is 10.0 Å². The summed E-state index contributed by atoms with van der Waals surface area (Å²) in [6, 6.07) is 11.9. The number of nitrogens with one attached hydrogen (secondary N) is 1. The Morgan fingerprint density at radius 2 is 1.75 bits per heavy atom. The average molecular weight is 329 g/mol. The number of likely N-dealkylation sites (N-methyl/N-ethyl adjacent to an activating group) is 1. The summed E-state index contributed by atoms with van der Waals surface area (Å²) in [6.07, 6.45) is 0.828. The zero-order chi connectivity index (χ0) is 14.7. The molecule has 0 saturated heterocycles. The van der Waals surface area contributed by atoms with Gasteiger partial charge in [0.25, 0.3) is 0 Å². The molecular weight excluding hydrogens is 313 g/mol. The SMILES string of the molecule is CNC(Cc1ccc(Cl)c(Cl)c1)c1cccc(Cl)c1C. The van der Waals surface area contributed by atoms with Crippen LogP contribution in [0.2, 0.25) is 15.1 Å². The molecule has 0 aliphatic rings. The molecule has 4 heteroatoms. The van der Waals surface area contributed by atoms with Gasteiger partial charge in [-0.05, 0) is 55.3 Å². The molecule has 20 heavy (non-hydrogen) atoms. The molecule has 1 atom stereocenters. The predicted octanol–water partition coefficient (Wildman–Crippen LogP) is 5.46. The monoisotopic (exact) mass is 327 g/mol. The number of rotatable bonds is 4. The van der Waals surface area contributed by atoms with Crippen LogP contribution < -0.4 is 5.32 Å². The summed E-state index contributed by atoms with van der Waals surface area (Å²) < 4.78 is 0. The molecule has 0 amide bonds. The summed E-state index contributed by atoms with van der Waals surface area (Å²) >= 11 is 18.2. The molecule has 0 aromatic heterocycles. The lowest BCUT2D eigenvalue weighted by Crippen LogP contribution is -2.20. The first-order valence-corrected chi connectivity index (χ1v) is 7.52. The van der Waals surface area contributed by atoms with Crippen LogP contribution in [0.3, 0.4) is 0 Å². The summed E-state index contributed by atoms with van der Waals surface area (Å²) in [5, 5.41) is 5.29. The Bertz CT molecular complexity index is 611. The first-order chi connectivity index (χ1) is 9.52. The van der Waals surface area contributed by atoms with Crippen molar-refractivity contribution in [3.63, 3.8) is 0 Å². The lowest BCUT2D eigenvalue weighted by atomic mass is 9.95. The molecular formula is C16H16Cl3N. The van der Waals surface area contributed by atoms with Gasteiger partial charge in [-0.3, -0.25) is 0 Å². The van der Waals surface area contributed by atoms with Gasteiger partial charge in [0, 0.05) is 11.1 Å². The largest absolute Gasteiger partial charge is 0.313 e. The molecule has 0 bridgehead atoms. The van der Waals surface area contributed by atoms with Crippen molar-refractivity contribution in [2.75, 3.05) is 7.05 Å². The average Bonchev–Trinajstić information content (AvgIpc) is 2.43. The third-order valence-electron chi connectivity index (χ3n) is 3.46. The smallest absolute Gasteiger partial charge is 0.0595 e. The fraction of sp³-hybridized carbons (Fsp3) is 0.250. The van der Waals surface area contributed by atoms with Crippen molar-refractivity contribution in [2.24, 2.45) is 0 Å². The second kappa shape index (κ2) is 6.82. The Hall–Kier alpha value is -0.730. The van der Waals surface area contributed by atoms with Crippen LogP contribution in [0.15, 0.2) is 36.4 Å². The highest BCUT2D eigenvalue weighted by atomic mass is 35.5. The van der Waals surface area contributed by atoms with Crippen molar-refractivity contribution in [1.82, 2.24) is 5.32 Å². The maximum Gasteiger partial charge on any atom is 0.0595 e. The Kier molecular flexibility index (Phi) is 5.34. The van der Waals surface area contributed by atoms with Crippen LogP contribution >= 0.6 is 34.8 Å². The van der Waals surface area contributed by atoms with Gasteiger partial charge in [0.1, 0.15) is 0 Å². The van der Waals surface area contributed by atoms with Gasteiger partial charge in [0.15, 0.2) is 0 Å². The van der Waals surface area contributed by atoms with Gasteiger partial charge in [0.05, 0.1) is 10.0 Å². The number of benzene rings is 2. The molecule has 0 fully saturated rings. The maximum atomic E-state index is 6.20. The molecule has 0 saturated carbocycles. The van der Waals surface area contributed by atoms with E-state index in [2.05, 4.69) is 11.4 Å². The van der Waals surface area contributed by atoms with E-state index < -0.39 is 0 Å². The highest BCUT2D eigenvalue weighted by Gasteiger charge is 2.14. The first-order valence-electron chi connectivity index (χ1n) is 6.39. The molecule has 0 aliphatic carbocycles. The Morgan fingerprint density at radius 1 is 1.00 bits per heavy atom. The van der Waals surface area contributed by atoms with E-state index in [1.807, 2.05) is 44.3 Å². The van der Waals surface area contributed by atoms with Gasteiger partial charge in [-0.2, -0.15) is 0 Å². The minimum absolute atomic E-state index is 0.186. The number of hydrogen-bond acceptors (Lipinski definition) is 1. The third-order valence-corrected chi connectivity index (χ3v) is 4.61. The van der Waals surface area contributed by atoms with E-state index in [1.54, 1.807) is 0 Å². The van der Waals surface area contributed by atoms with E-state index in [9.17, 15) is 0 Å². The van der Waals surface area contributed by atoms with Crippen molar-refractivity contribution in [2.45, 2.75) is 19.4 Å². The first kappa shape index (κ1) is 15.7. The van der Waals surface area contributed by atoms with Crippen LogP contribution in [-0.4, -0.2) is 7.05 Å². The van der Waals surface area contributed by atoms with Crippen LogP contribution in [0.25, 0.3) is 0 Å². The standard InChI is InChI=1S/C16H16Cl3N/c1-10-12(4-3-5-13(10)17)16(20-2)9-11-6-7-14(18)15(19)8-11/h3-8,16,20H,9H2,1-2H3. The number of hydrogen-bond donors (Lipinski definition) is 1. The van der Waals surface area contributed by atoms with Crippen LogP contribution in [-0.2, 0) is 6.42 Å². The minimum Gasteiger partial charge on any atom is -0.313 e. The van der Waals surface area contributed by atoms with Gasteiger partial charge in [-0.1, -0.05) is 53.0 Å². The molecule has 1 N–H and O–H groups in total. The highest BCUT2D eigenvalue weighted by Crippen LogP contribution is 2.28. The van der Waals surface area contributed by atoms with Gasteiger partial charge in [-0.15, -0.1) is 0 Å². The molecule has 0 aliphatic heterocycles. The van der Waals surface area contributed by atoms with Gasteiger partial charge >= 0.3 is 0 Å². The summed E-state index contributed by atoms with van der Waals surface area (Å²) in [5.41, 5.74) is 3.44. The molecule has 2 aromatic rings. The number of halogens is 3. The second-order valence-electron chi connectivity index (χ2n) is 4.75. The van der Waals surface area contributed by atoms with Crippen molar-refractivity contribution in [1.29, 1.82) is 0 Å². The molecule has 106 valence electrons. The van der Waals surface area contributed by atoms with Crippen LogP contribution in [0.1, 0.15) is 22.7 Å². The van der Waals surface area contributed by atoms with Crippen LogP contribution in [0, 0.1) is 6.92 Å². The molecule has 0 spiro atoms. The molecule has 1 unspecified atom stereocenters. The third kappa shape index (κ3) is 3.48. The van der Waals surface area contributed by atoms with E-state index in [1.165, 1.54) is 5.56 Å². The molecule has 0 radical (unpaired) electrons. The summed E-state index contributed by atoms with van der Waals surface area (Å²) in [4.78, 5) is 0. The predicted molar refractivity (Wildman–Crippen MR) is 88.2 cm³/mol. The molecule has 1 nitrogen and oxygen atoms in total. The Morgan fingerprint density at radius 3 is 2.40 bits per heavy atom. The maximum absolute atomic E-state index is 6.20. The fourth-order valence-electron chi connectivity index (χ4n) is 2.27. The van der Waals surface area contributed by atoms with Crippen molar-refractivity contribution < 1.29 is 0 Å². The lowest BCUT2D eigenvalue weighted by molar-refractivity contribution is 0.589. The van der Waals surface area contributed by atoms with Gasteiger partial charge in [-0.25, -0.2) is 0 Å². The van der Waals surface area contributed by atoms with E-state index in [-0.39, 0.29) is 6.04 Å². The van der Waals surface area contributed by atoms with E-state index in [0.717, 1.165) is 22.6 Å². The second-order valence-corrected chi connectivity index (χ2v) is 5.97.